The fourth-order valence-corrected chi connectivity index (χ4v) is 9.41. The molecule has 0 aliphatic carbocycles. The summed E-state index contributed by atoms with van der Waals surface area (Å²) < 4.78 is 30.6. The zero-order valence-electron chi connectivity index (χ0n) is 42.1. The van der Waals surface area contributed by atoms with Crippen molar-refractivity contribution < 1.29 is 38.1 Å². The highest BCUT2D eigenvalue weighted by atomic mass is 16.6. The minimum atomic E-state index is -0.830. The Hall–Kier alpha value is -7.08. The SMILES string of the molecule is CCC(c1c(Cc2cn(C(=O)OC(C)(C)C)c3ccccc23)n(C(=O)OC(C)(C)C)c2ccccc12)c1c(Cc2cn(C(=O)OC(C)(C)C)c3ccccc23)n(C(=O)OC(C)(C)C)c2ccccc12. The predicted octanol–water partition coefficient (Wildman–Crippen LogP) is 14.4. The van der Waals surface area contributed by atoms with Gasteiger partial charge < -0.3 is 18.9 Å². The second-order valence-electron chi connectivity index (χ2n) is 21.7. The summed E-state index contributed by atoms with van der Waals surface area (Å²) in [5.41, 5.74) is 4.19. The lowest BCUT2D eigenvalue weighted by Gasteiger charge is -2.23. The topological polar surface area (TPSA) is 125 Å². The first-order chi connectivity index (χ1) is 32.3. The third-order valence-electron chi connectivity index (χ3n) is 11.8. The van der Waals surface area contributed by atoms with Crippen molar-refractivity contribution in [2.24, 2.45) is 0 Å². The van der Waals surface area contributed by atoms with Gasteiger partial charge in [0.1, 0.15) is 22.4 Å². The van der Waals surface area contributed by atoms with Crippen LogP contribution in [0.3, 0.4) is 0 Å². The number of fused-ring (bicyclic) bond motifs is 4. The van der Waals surface area contributed by atoms with Crippen molar-refractivity contribution in [3.8, 4) is 0 Å². The Morgan fingerprint density at radius 2 is 0.710 bits per heavy atom. The summed E-state index contributed by atoms with van der Waals surface area (Å²) in [7, 11) is 0. The number of ether oxygens (including phenoxy) is 4. The third kappa shape index (κ3) is 9.80. The van der Waals surface area contributed by atoms with Gasteiger partial charge >= 0.3 is 24.4 Å². The van der Waals surface area contributed by atoms with Gasteiger partial charge in [-0.05, 0) is 136 Å². The molecule has 0 unspecified atom stereocenters. The van der Waals surface area contributed by atoms with Gasteiger partial charge in [-0.1, -0.05) is 79.7 Å². The van der Waals surface area contributed by atoms with Crippen LogP contribution >= 0.6 is 0 Å². The number of benzene rings is 4. The molecule has 0 atom stereocenters. The molecule has 0 saturated carbocycles. The molecular formula is C57H64N4O8. The van der Waals surface area contributed by atoms with Gasteiger partial charge in [0.2, 0.25) is 0 Å². The highest BCUT2D eigenvalue weighted by molar-refractivity contribution is 6.00. The summed E-state index contributed by atoms with van der Waals surface area (Å²) in [6.07, 6.45) is 2.48. The van der Waals surface area contributed by atoms with Crippen LogP contribution in [0.15, 0.2) is 109 Å². The number of nitrogens with zero attached hydrogens (tertiary/aromatic N) is 4. The predicted molar refractivity (Wildman–Crippen MR) is 272 cm³/mol. The average molecular weight is 933 g/mol. The molecule has 12 nitrogen and oxygen atoms in total. The van der Waals surface area contributed by atoms with Crippen LogP contribution < -0.4 is 0 Å². The minimum Gasteiger partial charge on any atom is -0.443 e. The van der Waals surface area contributed by atoms with Crippen LogP contribution in [0.25, 0.3) is 43.6 Å². The van der Waals surface area contributed by atoms with Crippen molar-refractivity contribution in [3.05, 3.63) is 143 Å². The van der Waals surface area contributed by atoms with Crippen LogP contribution in [0.5, 0.6) is 0 Å². The fraction of sp³-hybridized carbons (Fsp3) is 0.368. The minimum absolute atomic E-state index is 0.222. The average Bonchev–Trinajstić information content (AvgIpc) is 3.98. The van der Waals surface area contributed by atoms with Gasteiger partial charge in [-0.3, -0.25) is 9.13 Å². The molecule has 0 fully saturated rings. The zero-order valence-corrected chi connectivity index (χ0v) is 42.1. The molecule has 360 valence electrons. The molecule has 0 saturated heterocycles. The highest BCUT2D eigenvalue weighted by Gasteiger charge is 2.36. The Balaban J connectivity index is 1.43. The Bertz CT molecular complexity index is 3080. The summed E-state index contributed by atoms with van der Waals surface area (Å²) in [5.74, 6) is -0.435. The van der Waals surface area contributed by atoms with Crippen LogP contribution in [0.2, 0.25) is 0 Å². The summed E-state index contributed by atoms with van der Waals surface area (Å²) in [6.45, 7) is 24.2. The molecule has 12 heteroatoms. The van der Waals surface area contributed by atoms with Crippen LogP contribution in [0.4, 0.5) is 19.2 Å². The van der Waals surface area contributed by atoms with Gasteiger partial charge in [-0.2, -0.15) is 0 Å². The van der Waals surface area contributed by atoms with Crippen molar-refractivity contribution in [2.75, 3.05) is 0 Å². The summed E-state index contributed by atoms with van der Waals surface area (Å²) in [4.78, 5) is 57.4. The molecular weight excluding hydrogens is 869 g/mol. The van der Waals surface area contributed by atoms with Gasteiger partial charge in [0, 0.05) is 64.1 Å². The Kier molecular flexibility index (Phi) is 12.5. The van der Waals surface area contributed by atoms with E-state index in [0.717, 1.165) is 43.8 Å². The van der Waals surface area contributed by atoms with E-state index in [-0.39, 0.29) is 12.8 Å². The number of hydrogen-bond acceptors (Lipinski definition) is 8. The normalized spacial score (nSPS) is 12.7. The molecule has 69 heavy (non-hydrogen) atoms. The van der Waals surface area contributed by atoms with Gasteiger partial charge in [0.15, 0.2) is 0 Å². The summed E-state index contributed by atoms with van der Waals surface area (Å²) in [6, 6.07) is 31.0. The van der Waals surface area contributed by atoms with Gasteiger partial charge in [-0.15, -0.1) is 0 Å². The maximum Gasteiger partial charge on any atom is 0.419 e. The first kappa shape index (κ1) is 48.4. The monoisotopic (exact) mass is 932 g/mol. The Labute approximate surface area is 403 Å². The smallest absolute Gasteiger partial charge is 0.419 e. The molecule has 0 radical (unpaired) electrons. The molecule has 0 bridgehead atoms. The van der Waals surface area contributed by atoms with Crippen molar-refractivity contribution in [1.29, 1.82) is 0 Å². The van der Waals surface area contributed by atoms with Crippen LogP contribution in [0.1, 0.15) is 136 Å². The molecule has 4 aromatic carbocycles. The van der Waals surface area contributed by atoms with E-state index in [9.17, 15) is 19.2 Å². The van der Waals surface area contributed by atoms with Gasteiger partial charge in [-0.25, -0.2) is 28.3 Å². The molecule has 0 aliphatic heterocycles. The Morgan fingerprint density at radius 1 is 0.420 bits per heavy atom. The van der Waals surface area contributed by atoms with E-state index >= 15 is 0 Å². The van der Waals surface area contributed by atoms with Crippen molar-refractivity contribution in [2.45, 2.75) is 138 Å². The lowest BCUT2D eigenvalue weighted by atomic mass is 9.83. The van der Waals surface area contributed by atoms with E-state index in [1.54, 1.807) is 21.5 Å². The first-order valence-corrected chi connectivity index (χ1v) is 23.7. The second-order valence-corrected chi connectivity index (χ2v) is 21.7. The van der Waals surface area contributed by atoms with E-state index < -0.39 is 52.7 Å². The van der Waals surface area contributed by atoms with E-state index in [4.69, 9.17) is 18.9 Å². The maximum absolute atomic E-state index is 14.9. The maximum atomic E-state index is 14.9. The lowest BCUT2D eigenvalue weighted by molar-refractivity contribution is 0.0529. The molecule has 4 aromatic heterocycles. The number of hydrogen-bond donors (Lipinski definition) is 0. The molecule has 4 heterocycles. The highest BCUT2D eigenvalue weighted by Crippen LogP contribution is 2.45. The quantitative estimate of drug-likeness (QED) is 0.145. The number of carbonyl (C=O) groups is 4. The second kappa shape index (κ2) is 17.8. The van der Waals surface area contributed by atoms with Crippen molar-refractivity contribution in [1.82, 2.24) is 18.3 Å². The third-order valence-corrected chi connectivity index (χ3v) is 11.8. The summed E-state index contributed by atoms with van der Waals surface area (Å²) >= 11 is 0. The number of aromatic nitrogens is 4. The van der Waals surface area contributed by atoms with Gasteiger partial charge in [0.25, 0.3) is 0 Å². The number of para-hydroxylation sites is 4. The number of rotatable bonds is 7. The zero-order chi connectivity index (χ0) is 50.0. The van der Waals surface area contributed by atoms with Crippen LogP contribution in [-0.2, 0) is 31.8 Å². The molecule has 0 spiro atoms. The van der Waals surface area contributed by atoms with E-state index in [2.05, 4.69) is 6.92 Å². The van der Waals surface area contributed by atoms with E-state index in [1.165, 1.54) is 9.13 Å². The van der Waals surface area contributed by atoms with Crippen molar-refractivity contribution >= 4 is 68.0 Å². The first-order valence-electron chi connectivity index (χ1n) is 23.7. The van der Waals surface area contributed by atoms with Crippen LogP contribution in [0, 0.1) is 0 Å². The van der Waals surface area contributed by atoms with Crippen molar-refractivity contribution in [3.63, 3.8) is 0 Å². The van der Waals surface area contributed by atoms with Crippen LogP contribution in [-0.4, -0.2) is 65.0 Å². The van der Waals surface area contributed by atoms with E-state index in [0.29, 0.717) is 39.9 Å². The molecule has 0 N–H and O–H groups in total. The van der Waals surface area contributed by atoms with Gasteiger partial charge in [0.05, 0.1) is 22.1 Å². The molecule has 0 aliphatic rings. The molecule has 8 aromatic rings. The lowest BCUT2D eigenvalue weighted by Crippen LogP contribution is -2.28. The molecule has 0 amide bonds. The Morgan fingerprint density at radius 3 is 1.03 bits per heavy atom. The summed E-state index contributed by atoms with van der Waals surface area (Å²) in [5, 5.41) is 3.32. The largest absolute Gasteiger partial charge is 0.443 e. The van der Waals surface area contributed by atoms with E-state index in [1.807, 2.05) is 180 Å². The number of carbonyl (C=O) groups excluding carboxylic acids is 4. The fourth-order valence-electron chi connectivity index (χ4n) is 9.41. The standard InChI is InChI=1S/C57H64N4O8/c1-14-37(48-40-25-17-21-29-44(40)60(52(64)68-56(8,9)10)46(48)31-35-33-58(50(62)66-54(2,3)4)42-27-19-15-23-38(35)42)49-41-26-18-22-30-45(41)61(53(65)69-57(11,12)13)47(49)32-36-34-59(51(63)67-55(5,6)7)43-28-20-16-24-39(36)43/h15-30,33-34,37H,14,31-32H2,1-13H3. The molecule has 8 rings (SSSR count).